The van der Waals surface area contributed by atoms with Gasteiger partial charge in [0, 0.05) is 22.7 Å². The van der Waals surface area contributed by atoms with Crippen molar-refractivity contribution in [1.82, 2.24) is 4.98 Å². The number of hydrogen-bond donors (Lipinski definition) is 1. The predicted molar refractivity (Wildman–Crippen MR) is 95.6 cm³/mol. The Morgan fingerprint density at radius 2 is 1.91 bits per heavy atom. The number of amides is 1. The molecular weight excluding hydrogens is 308 g/mol. The Labute approximate surface area is 139 Å². The quantitative estimate of drug-likeness (QED) is 0.700. The largest absolute Gasteiger partial charge is 0.322 e. The van der Waals surface area contributed by atoms with E-state index in [9.17, 15) is 4.79 Å². The van der Waals surface area contributed by atoms with Gasteiger partial charge in [0.05, 0.1) is 11.2 Å². The van der Waals surface area contributed by atoms with Crippen molar-refractivity contribution in [2.24, 2.45) is 0 Å². The van der Waals surface area contributed by atoms with E-state index in [1.54, 1.807) is 30.5 Å². The van der Waals surface area contributed by atoms with Gasteiger partial charge in [-0.3, -0.25) is 9.78 Å². The lowest BCUT2D eigenvalue weighted by Gasteiger charge is -2.06. The Morgan fingerprint density at radius 3 is 2.70 bits per heavy atom. The Hall–Kier alpha value is -2.65. The van der Waals surface area contributed by atoms with Gasteiger partial charge in [0.15, 0.2) is 0 Å². The topological polar surface area (TPSA) is 42.0 Å². The molecule has 0 aliphatic rings. The second kappa shape index (κ2) is 6.63. The molecule has 1 N–H and O–H groups in total. The minimum absolute atomic E-state index is 0.187. The monoisotopic (exact) mass is 322 g/mol. The van der Waals surface area contributed by atoms with Gasteiger partial charge in [0.2, 0.25) is 5.91 Å². The Bertz CT molecular complexity index is 886. The van der Waals surface area contributed by atoms with Crippen LogP contribution in [0.25, 0.3) is 17.0 Å². The number of rotatable bonds is 3. The maximum Gasteiger partial charge on any atom is 0.248 e. The van der Waals surface area contributed by atoms with Crippen molar-refractivity contribution in [3.63, 3.8) is 0 Å². The van der Waals surface area contributed by atoms with Crippen LogP contribution in [0.4, 0.5) is 5.69 Å². The van der Waals surface area contributed by atoms with Crippen LogP contribution >= 0.6 is 11.6 Å². The molecule has 0 saturated heterocycles. The van der Waals surface area contributed by atoms with E-state index in [-0.39, 0.29) is 5.91 Å². The van der Waals surface area contributed by atoms with Gasteiger partial charge < -0.3 is 5.32 Å². The fraction of sp³-hybridized carbons (Fsp3) is 0.0526. The molecule has 3 rings (SSSR count). The second-order valence-corrected chi connectivity index (χ2v) is 5.69. The highest BCUT2D eigenvalue weighted by molar-refractivity contribution is 6.31. The number of carbonyl (C=O) groups excluding carboxylic acids is 1. The van der Waals surface area contributed by atoms with Crippen molar-refractivity contribution in [2.45, 2.75) is 6.92 Å². The second-order valence-electron chi connectivity index (χ2n) is 5.25. The first-order chi connectivity index (χ1) is 11.1. The molecule has 0 bridgehead atoms. The lowest BCUT2D eigenvalue weighted by atomic mass is 10.1. The van der Waals surface area contributed by atoms with E-state index in [2.05, 4.69) is 10.3 Å². The smallest absolute Gasteiger partial charge is 0.248 e. The molecule has 4 heteroatoms. The summed E-state index contributed by atoms with van der Waals surface area (Å²) in [4.78, 5) is 16.4. The lowest BCUT2D eigenvalue weighted by molar-refractivity contribution is -0.111. The molecule has 0 spiro atoms. The average Bonchev–Trinajstić information content (AvgIpc) is 2.54. The van der Waals surface area contributed by atoms with Crippen molar-refractivity contribution >= 4 is 40.2 Å². The molecule has 1 aromatic heterocycles. The third kappa shape index (κ3) is 3.76. The highest BCUT2D eigenvalue weighted by Crippen LogP contribution is 2.24. The van der Waals surface area contributed by atoms with Crippen molar-refractivity contribution in [2.75, 3.05) is 5.32 Å². The van der Waals surface area contributed by atoms with Crippen LogP contribution in [0.15, 0.2) is 60.8 Å². The van der Waals surface area contributed by atoms with Gasteiger partial charge in [-0.1, -0.05) is 41.4 Å². The molecular formula is C19H15ClN2O. The molecule has 0 aliphatic heterocycles. The molecule has 0 unspecified atom stereocenters. The van der Waals surface area contributed by atoms with E-state index in [4.69, 9.17) is 11.6 Å². The van der Waals surface area contributed by atoms with Crippen molar-refractivity contribution in [3.05, 3.63) is 77.0 Å². The van der Waals surface area contributed by atoms with Gasteiger partial charge in [-0.15, -0.1) is 0 Å². The molecule has 3 nitrogen and oxygen atoms in total. The first-order valence-corrected chi connectivity index (χ1v) is 7.59. The fourth-order valence-corrected chi connectivity index (χ4v) is 2.42. The number of benzene rings is 2. The zero-order valence-electron chi connectivity index (χ0n) is 12.6. The predicted octanol–water partition coefficient (Wildman–Crippen LogP) is 4.85. The molecule has 0 atom stereocenters. The van der Waals surface area contributed by atoms with Crippen LogP contribution in [0.5, 0.6) is 0 Å². The summed E-state index contributed by atoms with van der Waals surface area (Å²) in [6.07, 6.45) is 4.96. The van der Waals surface area contributed by atoms with Gasteiger partial charge in [-0.25, -0.2) is 0 Å². The summed E-state index contributed by atoms with van der Waals surface area (Å²) in [6.45, 7) is 2.03. The third-order valence-corrected chi connectivity index (χ3v) is 3.70. The minimum atomic E-state index is -0.187. The molecule has 0 saturated carbocycles. The van der Waals surface area contributed by atoms with Gasteiger partial charge in [-0.2, -0.15) is 0 Å². The van der Waals surface area contributed by atoms with Crippen LogP contribution in [-0.4, -0.2) is 10.9 Å². The zero-order chi connectivity index (χ0) is 16.2. The highest BCUT2D eigenvalue weighted by Gasteiger charge is 2.04. The number of hydrogen-bond acceptors (Lipinski definition) is 2. The Balaban J connectivity index is 1.79. The number of fused-ring (bicyclic) bond motifs is 1. The van der Waals surface area contributed by atoms with Gasteiger partial charge in [0.25, 0.3) is 0 Å². The molecule has 0 aliphatic carbocycles. The third-order valence-electron chi connectivity index (χ3n) is 3.47. The van der Waals surface area contributed by atoms with Crippen molar-refractivity contribution < 1.29 is 4.79 Å². The molecule has 114 valence electrons. The average molecular weight is 323 g/mol. The summed E-state index contributed by atoms with van der Waals surface area (Å²) in [7, 11) is 0. The van der Waals surface area contributed by atoms with Crippen molar-refractivity contribution in [1.29, 1.82) is 0 Å². The molecule has 0 fully saturated rings. The Morgan fingerprint density at radius 1 is 1.13 bits per heavy atom. The number of aromatic nitrogens is 1. The van der Waals surface area contributed by atoms with Crippen LogP contribution in [0.3, 0.4) is 0 Å². The van der Waals surface area contributed by atoms with Crippen LogP contribution in [0.2, 0.25) is 5.02 Å². The van der Waals surface area contributed by atoms with Crippen LogP contribution in [0, 0.1) is 6.92 Å². The van der Waals surface area contributed by atoms with E-state index < -0.39 is 0 Å². The van der Waals surface area contributed by atoms with Crippen LogP contribution in [-0.2, 0) is 4.79 Å². The normalized spacial score (nSPS) is 11.0. The number of anilines is 1. The molecule has 1 heterocycles. The fourth-order valence-electron chi connectivity index (χ4n) is 2.25. The summed E-state index contributed by atoms with van der Waals surface area (Å²) < 4.78 is 0. The van der Waals surface area contributed by atoms with Crippen LogP contribution < -0.4 is 5.32 Å². The molecule has 3 aromatic rings. The van der Waals surface area contributed by atoms with E-state index in [0.29, 0.717) is 10.7 Å². The number of nitrogens with zero attached hydrogens (tertiary/aromatic N) is 1. The lowest BCUT2D eigenvalue weighted by Crippen LogP contribution is -2.08. The molecule has 1 amide bonds. The molecule has 2 aromatic carbocycles. The van der Waals surface area contributed by atoms with Gasteiger partial charge >= 0.3 is 0 Å². The zero-order valence-corrected chi connectivity index (χ0v) is 13.3. The summed E-state index contributed by atoms with van der Waals surface area (Å²) in [5.74, 6) is -0.187. The number of pyridine rings is 1. The van der Waals surface area contributed by atoms with Crippen molar-refractivity contribution in [3.8, 4) is 0 Å². The first-order valence-electron chi connectivity index (χ1n) is 7.22. The standard InChI is InChI=1S/C19H15ClN2O/c1-13-2-4-14(5-3-13)6-9-19(23)22-17-10-11-21-18-12-15(20)7-8-16(17)18/h2-12H,1H3,(H,21,22,23)/b9-6+. The number of nitrogens with one attached hydrogen (secondary N) is 1. The van der Waals surface area contributed by atoms with Gasteiger partial charge in [0.1, 0.15) is 0 Å². The Kier molecular flexibility index (Phi) is 4.40. The summed E-state index contributed by atoms with van der Waals surface area (Å²) in [6, 6.07) is 15.1. The van der Waals surface area contributed by atoms with E-state index in [1.165, 1.54) is 11.6 Å². The number of halogens is 1. The summed E-state index contributed by atoms with van der Waals surface area (Å²) in [5.41, 5.74) is 3.63. The summed E-state index contributed by atoms with van der Waals surface area (Å²) >= 11 is 5.97. The summed E-state index contributed by atoms with van der Waals surface area (Å²) in [5, 5.41) is 4.35. The number of aryl methyl sites for hydroxylation is 1. The maximum absolute atomic E-state index is 12.1. The van der Waals surface area contributed by atoms with E-state index in [0.717, 1.165) is 16.5 Å². The molecule has 0 radical (unpaired) electrons. The van der Waals surface area contributed by atoms with E-state index >= 15 is 0 Å². The first kappa shape index (κ1) is 15.3. The minimum Gasteiger partial charge on any atom is -0.322 e. The van der Waals surface area contributed by atoms with E-state index in [1.807, 2.05) is 37.3 Å². The molecule has 23 heavy (non-hydrogen) atoms. The van der Waals surface area contributed by atoms with Gasteiger partial charge in [-0.05, 0) is 42.8 Å². The van der Waals surface area contributed by atoms with Crippen LogP contribution in [0.1, 0.15) is 11.1 Å². The number of carbonyl (C=O) groups is 1. The maximum atomic E-state index is 12.1. The highest BCUT2D eigenvalue weighted by atomic mass is 35.5. The SMILES string of the molecule is Cc1ccc(/C=C/C(=O)Nc2ccnc3cc(Cl)ccc23)cc1.